The quantitative estimate of drug-likeness (QED) is 0.0609. The number of hydrogen-bond acceptors (Lipinski definition) is 6. The molecule has 8 aromatic carbocycles. The fourth-order valence-corrected chi connectivity index (χ4v) is 7.66. The highest BCUT2D eigenvalue weighted by Crippen LogP contribution is 2.39. The smallest absolute Gasteiger partial charge is 0.152 e. The third-order valence-corrected chi connectivity index (χ3v) is 11.1. The van der Waals surface area contributed by atoms with Crippen LogP contribution in [0.5, 0.6) is 0 Å². The Morgan fingerprint density at radius 2 is 0.562 bits per heavy atom. The number of allylic oxidation sites excluding steroid dienone is 2. The van der Waals surface area contributed by atoms with Crippen LogP contribution >= 0.6 is 0 Å². The summed E-state index contributed by atoms with van der Waals surface area (Å²) in [6.07, 6.45) is 1.54. The predicted molar refractivity (Wildman–Crippen MR) is 267 cm³/mol. The maximum absolute atomic E-state index is 13.7. The van der Waals surface area contributed by atoms with Crippen LogP contribution in [0.1, 0.15) is 33.4 Å². The monoisotopic (exact) mass is 834 g/mol. The Labute approximate surface area is 376 Å². The van der Waals surface area contributed by atoms with E-state index in [0.29, 0.717) is 11.4 Å². The Hall–Kier alpha value is -8.22. The van der Waals surface area contributed by atoms with Crippen LogP contribution in [-0.4, -0.2) is 12.6 Å². The average molecular weight is 835 g/mol. The van der Waals surface area contributed by atoms with Crippen LogP contribution in [0.4, 0.5) is 45.5 Å². The molecule has 2 N–H and O–H groups in total. The van der Waals surface area contributed by atoms with E-state index in [-0.39, 0.29) is 11.1 Å². The van der Waals surface area contributed by atoms with Crippen LogP contribution < -0.4 is 20.4 Å². The van der Waals surface area contributed by atoms with Crippen LogP contribution in [0.25, 0.3) is 11.4 Å². The second kappa shape index (κ2) is 19.7. The van der Waals surface area contributed by atoms with Gasteiger partial charge in [0.1, 0.15) is 0 Å². The van der Waals surface area contributed by atoms with Crippen molar-refractivity contribution in [2.75, 3.05) is 20.4 Å². The molecule has 0 fully saturated rings. The molecule has 0 bridgehead atoms. The van der Waals surface area contributed by atoms with E-state index in [1.54, 1.807) is 0 Å². The van der Waals surface area contributed by atoms with Crippen LogP contribution in [0, 0.1) is 27.7 Å². The molecule has 0 atom stereocenters. The third-order valence-electron chi connectivity index (χ3n) is 11.1. The molecule has 0 aliphatic rings. The van der Waals surface area contributed by atoms with Gasteiger partial charge in [0.2, 0.25) is 0 Å². The molecule has 8 aromatic rings. The molecule has 6 nitrogen and oxygen atoms in total. The van der Waals surface area contributed by atoms with Gasteiger partial charge in [-0.1, -0.05) is 131 Å². The Morgan fingerprint density at radius 1 is 0.328 bits per heavy atom. The summed E-state index contributed by atoms with van der Waals surface area (Å²) in [5, 5.41) is 7.06. The number of carbonyl (C=O) groups excluding carboxylic acids is 2. The predicted octanol–water partition coefficient (Wildman–Crippen LogP) is 14.6. The number of benzene rings is 8. The zero-order valence-electron chi connectivity index (χ0n) is 36.5. The largest absolute Gasteiger partial charge is 0.354 e. The van der Waals surface area contributed by atoms with Gasteiger partial charge in [0, 0.05) is 45.5 Å². The number of nitrogens with one attached hydrogen (secondary N) is 2. The first-order valence-corrected chi connectivity index (χ1v) is 21.4. The fraction of sp³-hybridized carbons (Fsp3) is 0.0690. The molecule has 0 spiro atoms. The lowest BCUT2D eigenvalue weighted by Gasteiger charge is -2.26. The topological polar surface area (TPSA) is 64.7 Å². The average Bonchev–Trinajstić information content (AvgIpc) is 3.33. The molecular formula is C58H50N4O2. The van der Waals surface area contributed by atoms with Crippen molar-refractivity contribution in [1.82, 2.24) is 0 Å². The molecule has 0 heterocycles. The first-order valence-electron chi connectivity index (χ1n) is 21.4. The highest BCUT2D eigenvalue weighted by molar-refractivity contribution is 6.10. The van der Waals surface area contributed by atoms with Crippen molar-refractivity contribution in [1.29, 1.82) is 0 Å². The number of aldehydes is 2. The molecular weight excluding hydrogens is 785 g/mol. The summed E-state index contributed by atoms with van der Waals surface area (Å²) in [6.45, 7) is 8.32. The summed E-state index contributed by atoms with van der Waals surface area (Å²) in [4.78, 5) is 31.8. The molecule has 0 aliphatic heterocycles. The summed E-state index contributed by atoms with van der Waals surface area (Å²) in [5.74, 6) is 0. The van der Waals surface area contributed by atoms with E-state index in [4.69, 9.17) is 0 Å². The molecule has 0 aliphatic carbocycles. The van der Waals surface area contributed by atoms with Crippen LogP contribution in [0.3, 0.4) is 0 Å². The molecule has 6 heteroatoms. The van der Waals surface area contributed by atoms with E-state index < -0.39 is 0 Å². The Bertz CT molecular complexity index is 2590. The maximum atomic E-state index is 13.7. The summed E-state index contributed by atoms with van der Waals surface area (Å²) in [7, 11) is 0. The van der Waals surface area contributed by atoms with Crippen LogP contribution in [0.15, 0.2) is 217 Å². The first kappa shape index (κ1) is 42.5. The van der Waals surface area contributed by atoms with E-state index in [2.05, 4.69) is 145 Å². The maximum Gasteiger partial charge on any atom is 0.152 e. The van der Waals surface area contributed by atoms with Crippen molar-refractivity contribution >= 4 is 69.5 Å². The van der Waals surface area contributed by atoms with Crippen LogP contribution in [-0.2, 0) is 9.59 Å². The van der Waals surface area contributed by atoms with Gasteiger partial charge in [0.05, 0.1) is 22.5 Å². The zero-order chi connectivity index (χ0) is 44.4. The lowest BCUT2D eigenvalue weighted by molar-refractivity contribution is -0.107. The molecule has 0 saturated carbocycles. The number of hydrogen-bond donors (Lipinski definition) is 2. The van der Waals surface area contributed by atoms with Crippen molar-refractivity contribution in [3.63, 3.8) is 0 Å². The second-order valence-corrected chi connectivity index (χ2v) is 15.9. The van der Waals surface area contributed by atoms with Crippen molar-refractivity contribution in [3.05, 3.63) is 251 Å². The molecule has 0 saturated heterocycles. The van der Waals surface area contributed by atoms with Gasteiger partial charge < -0.3 is 20.4 Å². The number of nitrogens with zero attached hydrogens (tertiary/aromatic N) is 2. The number of anilines is 8. The van der Waals surface area contributed by atoms with E-state index in [9.17, 15) is 9.59 Å². The van der Waals surface area contributed by atoms with Gasteiger partial charge in [0.15, 0.2) is 12.6 Å². The summed E-state index contributed by atoms with van der Waals surface area (Å²) in [6, 6.07) is 69.3. The number of rotatable bonds is 15. The molecule has 314 valence electrons. The minimum absolute atomic E-state index is 0.198. The molecule has 0 radical (unpaired) electrons. The van der Waals surface area contributed by atoms with Crippen LogP contribution in [0.2, 0.25) is 0 Å². The standard InChI is InChI=1S/C58H50N4O2/c1-41-15-27-49(28-16-41)61(50-29-17-42(2)18-30-50)53-35-23-45(24-36-53)57(59-47-11-7-5-8-12-47)55(39-63)56(40-64)58(60-48-13-9-6-10-14-48)46-25-37-54(38-26-46)62(51-31-19-43(3)20-32-51)52-33-21-44(4)22-34-52/h5-40,59-60H,1-4H3/b57-55-,58-56-. The van der Waals surface area contributed by atoms with E-state index >= 15 is 0 Å². The van der Waals surface area contributed by atoms with E-state index in [1.165, 1.54) is 22.3 Å². The van der Waals surface area contributed by atoms with Gasteiger partial charge in [-0.05, 0) is 136 Å². The van der Waals surface area contributed by atoms with Crippen molar-refractivity contribution in [3.8, 4) is 0 Å². The van der Waals surface area contributed by atoms with E-state index in [1.807, 2.05) is 109 Å². The number of carbonyl (C=O) groups is 2. The SMILES string of the molecule is Cc1ccc(N(c2ccc(C)cc2)c2ccc(/C(Nc3ccccc3)=C(C=O)/C(C=O)=C(\Nc3ccccc3)c3ccc(N(c4ccc(C)cc4)c4ccc(C)cc4)cc3)cc2)cc1. The second-order valence-electron chi connectivity index (χ2n) is 15.9. The Kier molecular flexibility index (Phi) is 13.0. The van der Waals surface area contributed by atoms with Crippen molar-refractivity contribution < 1.29 is 9.59 Å². The van der Waals surface area contributed by atoms with E-state index in [0.717, 1.165) is 69.2 Å². The molecule has 0 aromatic heterocycles. The lowest BCUT2D eigenvalue weighted by atomic mass is 9.95. The summed E-state index contributed by atoms with van der Waals surface area (Å²) >= 11 is 0. The van der Waals surface area contributed by atoms with Gasteiger partial charge in [-0.3, -0.25) is 9.59 Å². The Balaban J connectivity index is 1.27. The van der Waals surface area contributed by atoms with Crippen molar-refractivity contribution in [2.24, 2.45) is 0 Å². The van der Waals surface area contributed by atoms with Gasteiger partial charge in [-0.2, -0.15) is 0 Å². The van der Waals surface area contributed by atoms with Gasteiger partial charge >= 0.3 is 0 Å². The lowest BCUT2D eigenvalue weighted by Crippen LogP contribution is -2.13. The molecule has 8 rings (SSSR count). The highest BCUT2D eigenvalue weighted by atomic mass is 16.1. The fourth-order valence-electron chi connectivity index (χ4n) is 7.66. The number of para-hydroxylation sites is 2. The van der Waals surface area contributed by atoms with Gasteiger partial charge in [-0.15, -0.1) is 0 Å². The normalized spacial score (nSPS) is 11.8. The highest BCUT2D eigenvalue weighted by Gasteiger charge is 2.22. The minimum Gasteiger partial charge on any atom is -0.354 e. The zero-order valence-corrected chi connectivity index (χ0v) is 36.5. The van der Waals surface area contributed by atoms with Crippen molar-refractivity contribution in [2.45, 2.75) is 27.7 Å². The molecule has 0 unspecified atom stereocenters. The molecule has 64 heavy (non-hydrogen) atoms. The third kappa shape index (κ3) is 9.78. The first-order chi connectivity index (χ1) is 31.3. The summed E-state index contributed by atoms with van der Waals surface area (Å²) < 4.78 is 0. The van der Waals surface area contributed by atoms with Gasteiger partial charge in [0.25, 0.3) is 0 Å². The minimum atomic E-state index is 0.198. The van der Waals surface area contributed by atoms with Gasteiger partial charge in [-0.25, -0.2) is 0 Å². The molecule has 0 amide bonds. The Morgan fingerprint density at radius 3 is 0.797 bits per heavy atom. The number of aryl methyl sites for hydroxylation is 4. The summed E-state index contributed by atoms with van der Waals surface area (Å²) in [5.41, 5.74) is 15.0.